The fraction of sp³-hybridized carbons (Fsp3) is 0.375. The molecule has 0 saturated carbocycles. The van der Waals surface area contributed by atoms with E-state index in [-0.39, 0.29) is 17.8 Å². The summed E-state index contributed by atoms with van der Waals surface area (Å²) in [6.45, 7) is 4.39. The van der Waals surface area contributed by atoms with Crippen molar-refractivity contribution < 1.29 is 23.9 Å². The number of ether oxygens (including phenoxy) is 2. The molecule has 0 fully saturated rings. The van der Waals surface area contributed by atoms with Gasteiger partial charge in [0.05, 0.1) is 23.4 Å². The van der Waals surface area contributed by atoms with Gasteiger partial charge in [-0.1, -0.05) is 45.2 Å². The second kappa shape index (κ2) is 10.1. The number of carbonyl (C=O) groups is 3. The van der Waals surface area contributed by atoms with Gasteiger partial charge in [0.1, 0.15) is 5.75 Å². The molecule has 3 rings (SSSR count). The van der Waals surface area contributed by atoms with Gasteiger partial charge in [-0.2, -0.15) is 0 Å². The van der Waals surface area contributed by atoms with E-state index in [9.17, 15) is 14.4 Å². The first kappa shape index (κ1) is 21.6. The zero-order valence-corrected chi connectivity index (χ0v) is 17.4. The Morgan fingerprint density at radius 3 is 2.10 bits per heavy atom. The summed E-state index contributed by atoms with van der Waals surface area (Å²) in [6.07, 6.45) is 3.94. The van der Waals surface area contributed by atoms with Crippen molar-refractivity contribution in [2.24, 2.45) is 0 Å². The normalized spacial score (nSPS) is 13.9. The van der Waals surface area contributed by atoms with Crippen LogP contribution in [0.1, 0.15) is 66.7 Å². The van der Waals surface area contributed by atoms with E-state index in [1.54, 1.807) is 48.5 Å². The van der Waals surface area contributed by atoms with E-state index in [0.717, 1.165) is 30.6 Å². The van der Waals surface area contributed by atoms with E-state index < -0.39 is 6.10 Å². The van der Waals surface area contributed by atoms with Crippen LogP contribution in [0.2, 0.25) is 0 Å². The zero-order chi connectivity index (χ0) is 21.5. The summed E-state index contributed by atoms with van der Waals surface area (Å²) >= 11 is 0. The number of hydrogen-bond donors (Lipinski definition) is 0. The van der Waals surface area contributed by atoms with E-state index in [4.69, 9.17) is 9.47 Å². The predicted molar refractivity (Wildman–Crippen MR) is 114 cm³/mol. The van der Waals surface area contributed by atoms with Gasteiger partial charge in [-0.05, 0) is 49.2 Å². The van der Waals surface area contributed by atoms with E-state index in [1.807, 2.05) is 6.92 Å². The molecule has 6 heteroatoms. The molecular formula is C24H27NO5. The molecule has 2 amide bonds. The van der Waals surface area contributed by atoms with Gasteiger partial charge in [-0.15, -0.1) is 0 Å². The Labute approximate surface area is 176 Å². The molecule has 1 heterocycles. The summed E-state index contributed by atoms with van der Waals surface area (Å²) in [7, 11) is 0. The topological polar surface area (TPSA) is 72.9 Å². The number of fused-ring (bicyclic) bond motifs is 1. The van der Waals surface area contributed by atoms with Gasteiger partial charge in [0.15, 0.2) is 6.10 Å². The maximum atomic E-state index is 12.6. The summed E-state index contributed by atoms with van der Waals surface area (Å²) in [5.74, 6) is -0.590. The van der Waals surface area contributed by atoms with Crippen LogP contribution in [0.3, 0.4) is 0 Å². The molecule has 1 aliphatic heterocycles. The Morgan fingerprint density at radius 2 is 1.53 bits per heavy atom. The van der Waals surface area contributed by atoms with Crippen LogP contribution in [-0.2, 0) is 9.53 Å². The summed E-state index contributed by atoms with van der Waals surface area (Å²) in [5, 5.41) is 0. The molecule has 0 N–H and O–H groups in total. The van der Waals surface area contributed by atoms with Crippen LogP contribution in [-0.4, -0.2) is 30.5 Å². The van der Waals surface area contributed by atoms with Crippen molar-refractivity contribution >= 4 is 23.5 Å². The van der Waals surface area contributed by atoms with Crippen LogP contribution in [0, 0.1) is 0 Å². The maximum absolute atomic E-state index is 12.6. The van der Waals surface area contributed by atoms with Crippen LogP contribution >= 0.6 is 0 Å². The summed E-state index contributed by atoms with van der Waals surface area (Å²) in [5.41, 5.74) is 1.26. The Hall–Kier alpha value is -3.15. The summed E-state index contributed by atoms with van der Waals surface area (Å²) in [6, 6.07) is 13.3. The van der Waals surface area contributed by atoms with Crippen LogP contribution in [0.5, 0.6) is 5.75 Å². The van der Waals surface area contributed by atoms with Gasteiger partial charge in [-0.3, -0.25) is 9.59 Å². The number of carbonyl (C=O) groups excluding carboxylic acids is 3. The molecule has 0 saturated heterocycles. The van der Waals surface area contributed by atoms with Crippen molar-refractivity contribution in [1.82, 2.24) is 0 Å². The minimum Gasteiger partial charge on any atom is -0.479 e. The highest BCUT2D eigenvalue weighted by Crippen LogP contribution is 2.29. The number of imide groups is 1. The van der Waals surface area contributed by atoms with Crippen molar-refractivity contribution in [2.75, 3.05) is 11.5 Å². The first-order valence-corrected chi connectivity index (χ1v) is 10.5. The number of nitrogens with zero attached hydrogens (tertiary/aromatic N) is 1. The van der Waals surface area contributed by atoms with Gasteiger partial charge >= 0.3 is 5.97 Å². The highest BCUT2D eigenvalue weighted by Gasteiger charge is 2.36. The standard InChI is InChI=1S/C24H27NO5/c1-3-5-6-9-16-29-24(28)21(4-2)30-18-14-12-17(13-15-18)25-22(26)19-10-7-8-11-20(19)23(25)27/h7-8,10-15,21H,3-6,9,16H2,1-2H3/t21-/m0/s1. The van der Waals surface area contributed by atoms with Gasteiger partial charge in [-0.25, -0.2) is 9.69 Å². The first-order chi connectivity index (χ1) is 14.6. The third-order valence-corrected chi connectivity index (χ3v) is 5.04. The molecular weight excluding hydrogens is 382 g/mol. The van der Waals surface area contributed by atoms with Crippen LogP contribution in [0.4, 0.5) is 5.69 Å². The highest BCUT2D eigenvalue weighted by molar-refractivity contribution is 6.34. The van der Waals surface area contributed by atoms with Crippen molar-refractivity contribution in [3.8, 4) is 5.75 Å². The van der Waals surface area contributed by atoms with Crippen molar-refractivity contribution in [3.05, 3.63) is 59.7 Å². The van der Waals surface area contributed by atoms with Crippen molar-refractivity contribution in [1.29, 1.82) is 0 Å². The molecule has 0 unspecified atom stereocenters. The van der Waals surface area contributed by atoms with E-state index in [2.05, 4.69) is 6.92 Å². The van der Waals surface area contributed by atoms with Crippen molar-refractivity contribution in [3.63, 3.8) is 0 Å². The summed E-state index contributed by atoms with van der Waals surface area (Å²) < 4.78 is 11.1. The number of unbranched alkanes of at least 4 members (excludes halogenated alkanes) is 3. The molecule has 158 valence electrons. The van der Waals surface area contributed by atoms with E-state index in [0.29, 0.717) is 35.6 Å². The SMILES string of the molecule is CCCCCCOC(=O)[C@H](CC)Oc1ccc(N2C(=O)c3ccccc3C2=O)cc1. The lowest BCUT2D eigenvalue weighted by atomic mass is 10.1. The molecule has 2 aromatic rings. The van der Waals surface area contributed by atoms with Gasteiger partial charge < -0.3 is 9.47 Å². The number of rotatable bonds is 10. The van der Waals surface area contributed by atoms with E-state index >= 15 is 0 Å². The van der Waals surface area contributed by atoms with Crippen LogP contribution in [0.15, 0.2) is 48.5 Å². The maximum Gasteiger partial charge on any atom is 0.347 e. The smallest absolute Gasteiger partial charge is 0.347 e. The molecule has 1 aliphatic rings. The van der Waals surface area contributed by atoms with Crippen LogP contribution < -0.4 is 9.64 Å². The minimum atomic E-state index is -0.693. The third-order valence-electron chi connectivity index (χ3n) is 5.04. The Balaban J connectivity index is 1.61. The average Bonchev–Trinajstić information content (AvgIpc) is 3.02. The highest BCUT2D eigenvalue weighted by atomic mass is 16.6. The predicted octanol–water partition coefficient (Wildman–Crippen LogP) is 4.77. The van der Waals surface area contributed by atoms with Crippen LogP contribution in [0.25, 0.3) is 0 Å². The molecule has 0 bridgehead atoms. The lowest BCUT2D eigenvalue weighted by Crippen LogP contribution is -2.30. The third kappa shape index (κ3) is 4.70. The fourth-order valence-electron chi connectivity index (χ4n) is 3.35. The quantitative estimate of drug-likeness (QED) is 0.321. The fourth-order valence-corrected chi connectivity index (χ4v) is 3.35. The lowest BCUT2D eigenvalue weighted by molar-refractivity contribution is -0.152. The molecule has 30 heavy (non-hydrogen) atoms. The van der Waals surface area contributed by atoms with Crippen molar-refractivity contribution in [2.45, 2.75) is 52.1 Å². The van der Waals surface area contributed by atoms with E-state index in [1.165, 1.54) is 0 Å². The molecule has 0 spiro atoms. The molecule has 1 atom stereocenters. The number of anilines is 1. The second-order valence-corrected chi connectivity index (χ2v) is 7.23. The number of amides is 2. The molecule has 6 nitrogen and oxygen atoms in total. The number of benzene rings is 2. The molecule has 0 radical (unpaired) electrons. The lowest BCUT2D eigenvalue weighted by Gasteiger charge is -2.18. The summed E-state index contributed by atoms with van der Waals surface area (Å²) in [4.78, 5) is 38.6. The van der Waals surface area contributed by atoms with Gasteiger partial charge in [0, 0.05) is 0 Å². The zero-order valence-electron chi connectivity index (χ0n) is 17.4. The largest absolute Gasteiger partial charge is 0.479 e. The monoisotopic (exact) mass is 409 g/mol. The Morgan fingerprint density at radius 1 is 0.900 bits per heavy atom. The van der Waals surface area contributed by atoms with Gasteiger partial charge in [0.25, 0.3) is 11.8 Å². The Bertz CT molecular complexity index is 871. The molecule has 0 aliphatic carbocycles. The second-order valence-electron chi connectivity index (χ2n) is 7.23. The van der Waals surface area contributed by atoms with Gasteiger partial charge in [0.2, 0.25) is 0 Å². The Kier molecular flexibility index (Phi) is 7.22. The minimum absolute atomic E-state index is 0.345. The average molecular weight is 409 g/mol. The number of esters is 1. The molecule has 2 aromatic carbocycles. The molecule has 0 aromatic heterocycles. The number of hydrogen-bond acceptors (Lipinski definition) is 5. The first-order valence-electron chi connectivity index (χ1n) is 10.5.